The molecule has 14 heavy (non-hydrogen) atoms. The summed E-state index contributed by atoms with van der Waals surface area (Å²) < 4.78 is 9.05. The predicted molar refractivity (Wildman–Crippen MR) is 51.6 cm³/mol. The Morgan fingerprint density at radius 3 is 2.86 bits per heavy atom. The van der Waals surface area contributed by atoms with Crippen LogP contribution in [-0.4, -0.2) is 17.1 Å². The third-order valence-electron chi connectivity index (χ3n) is 2.24. The van der Waals surface area contributed by atoms with Gasteiger partial charge in [-0.15, -0.1) is 0 Å². The molecule has 0 aliphatic heterocycles. The second-order valence-electron chi connectivity index (χ2n) is 3.34. The lowest BCUT2D eigenvalue weighted by atomic mass is 10.4. The fourth-order valence-electron chi connectivity index (χ4n) is 1.29. The van der Waals surface area contributed by atoms with Crippen molar-refractivity contribution in [2.24, 2.45) is 7.05 Å². The molecule has 0 unspecified atom stereocenters. The van der Waals surface area contributed by atoms with Gasteiger partial charge >= 0.3 is 5.97 Å². The van der Waals surface area contributed by atoms with Crippen LogP contribution < -0.4 is 4.57 Å². The Balaban J connectivity index is 2.31. The van der Waals surface area contributed by atoms with Gasteiger partial charge in [0.15, 0.2) is 0 Å². The third kappa shape index (κ3) is 2.87. The summed E-state index contributed by atoms with van der Waals surface area (Å²) in [6.45, 7) is 4.88. The Kier molecular flexibility index (Phi) is 3.68. The van der Waals surface area contributed by atoms with Gasteiger partial charge in [-0.1, -0.05) is 0 Å². The molecule has 0 aromatic carbocycles. The van der Waals surface area contributed by atoms with E-state index in [-0.39, 0.29) is 5.97 Å². The minimum Gasteiger partial charge on any atom is -0.466 e. The van der Waals surface area contributed by atoms with Gasteiger partial charge in [0.1, 0.15) is 12.4 Å². The molecule has 0 bridgehead atoms. The van der Waals surface area contributed by atoms with Crippen molar-refractivity contribution in [1.82, 2.24) is 4.57 Å². The molecule has 0 radical (unpaired) electrons. The third-order valence-corrected chi connectivity index (χ3v) is 2.24. The van der Waals surface area contributed by atoms with Crippen molar-refractivity contribution in [3.63, 3.8) is 0 Å². The zero-order valence-electron chi connectivity index (χ0n) is 8.99. The Morgan fingerprint density at radius 2 is 2.36 bits per heavy atom. The van der Waals surface area contributed by atoms with Gasteiger partial charge in [0.05, 0.1) is 20.2 Å². The first-order valence-corrected chi connectivity index (χ1v) is 4.76. The highest BCUT2D eigenvalue weighted by Gasteiger charge is 2.07. The normalized spacial score (nSPS) is 10.2. The number of hydrogen-bond acceptors (Lipinski definition) is 2. The van der Waals surface area contributed by atoms with Crippen LogP contribution in [0.5, 0.6) is 0 Å². The summed E-state index contributed by atoms with van der Waals surface area (Å²) in [5.74, 6) is 0.993. The first-order valence-electron chi connectivity index (χ1n) is 4.76. The average molecular weight is 197 g/mol. The molecular weight excluding hydrogens is 180 g/mol. The van der Waals surface area contributed by atoms with Crippen molar-refractivity contribution in [1.29, 1.82) is 0 Å². The van der Waals surface area contributed by atoms with Crippen molar-refractivity contribution < 1.29 is 14.1 Å². The fourth-order valence-corrected chi connectivity index (χ4v) is 1.29. The Hall–Kier alpha value is -1.32. The van der Waals surface area contributed by atoms with Crippen molar-refractivity contribution in [3.05, 3.63) is 18.2 Å². The van der Waals surface area contributed by atoms with Crippen LogP contribution in [0.4, 0.5) is 0 Å². The van der Waals surface area contributed by atoms with E-state index < -0.39 is 0 Å². The summed E-state index contributed by atoms with van der Waals surface area (Å²) in [6, 6.07) is 0. The van der Waals surface area contributed by atoms with Crippen LogP contribution in [0.2, 0.25) is 0 Å². The maximum absolute atomic E-state index is 10.5. The predicted octanol–water partition coefficient (Wildman–Crippen LogP) is 0.574. The van der Waals surface area contributed by atoms with Crippen LogP contribution in [-0.2, 0) is 23.1 Å². The van der Waals surface area contributed by atoms with Crippen molar-refractivity contribution in [3.8, 4) is 0 Å². The maximum Gasteiger partial charge on any atom is 0.302 e. The number of imidazole rings is 1. The van der Waals surface area contributed by atoms with Crippen LogP contribution in [0.1, 0.15) is 19.2 Å². The largest absolute Gasteiger partial charge is 0.466 e. The molecule has 0 aliphatic rings. The van der Waals surface area contributed by atoms with Gasteiger partial charge in [-0.2, -0.15) is 0 Å². The molecule has 0 fully saturated rings. The van der Waals surface area contributed by atoms with Gasteiger partial charge in [-0.05, 0) is 0 Å². The summed E-state index contributed by atoms with van der Waals surface area (Å²) in [6.07, 6.45) is 4.90. The second kappa shape index (κ2) is 4.79. The van der Waals surface area contributed by atoms with E-state index in [0.717, 1.165) is 13.0 Å². The van der Waals surface area contributed by atoms with E-state index >= 15 is 0 Å². The van der Waals surface area contributed by atoms with Gasteiger partial charge in [0, 0.05) is 20.3 Å². The van der Waals surface area contributed by atoms with Crippen molar-refractivity contribution in [2.75, 3.05) is 6.61 Å². The van der Waals surface area contributed by atoms with Crippen LogP contribution in [0.25, 0.3) is 0 Å². The van der Waals surface area contributed by atoms with E-state index in [4.69, 9.17) is 4.74 Å². The number of carbonyl (C=O) groups excluding carboxylic acids is 1. The topological polar surface area (TPSA) is 35.1 Å². The monoisotopic (exact) mass is 197 g/mol. The van der Waals surface area contributed by atoms with E-state index in [1.165, 1.54) is 12.7 Å². The maximum atomic E-state index is 10.5. The quantitative estimate of drug-likeness (QED) is 0.402. The average Bonchev–Trinajstić information content (AvgIpc) is 2.43. The molecule has 1 heterocycles. The molecule has 0 atom stereocenters. The summed E-state index contributed by atoms with van der Waals surface area (Å²) in [5.41, 5.74) is 0. The van der Waals surface area contributed by atoms with Gasteiger partial charge < -0.3 is 4.74 Å². The molecule has 0 aliphatic carbocycles. The van der Waals surface area contributed by atoms with Gasteiger partial charge in [0.2, 0.25) is 0 Å². The van der Waals surface area contributed by atoms with E-state index in [0.29, 0.717) is 6.61 Å². The Bertz CT molecular complexity index is 318. The number of rotatable bonds is 4. The number of carbonyl (C=O) groups is 1. The lowest BCUT2D eigenvalue weighted by Gasteiger charge is -2.00. The van der Waals surface area contributed by atoms with Gasteiger partial charge in [-0.25, -0.2) is 9.13 Å². The SMILES string of the molecule is CC(=O)OCCCn1cc[n+](C)c1C. The minimum absolute atomic E-state index is 0.209. The molecule has 1 rings (SSSR count). The second-order valence-corrected chi connectivity index (χ2v) is 3.34. The number of esters is 1. The van der Waals surface area contributed by atoms with Crippen LogP contribution >= 0.6 is 0 Å². The van der Waals surface area contributed by atoms with E-state index in [1.807, 2.05) is 19.4 Å². The molecule has 4 heteroatoms. The summed E-state index contributed by atoms with van der Waals surface area (Å²) in [7, 11) is 2.01. The zero-order valence-corrected chi connectivity index (χ0v) is 8.99. The molecular formula is C10H17N2O2+. The first-order chi connectivity index (χ1) is 6.61. The lowest BCUT2D eigenvalue weighted by Crippen LogP contribution is -2.29. The molecule has 4 nitrogen and oxygen atoms in total. The highest BCUT2D eigenvalue weighted by molar-refractivity contribution is 5.65. The number of aryl methyl sites for hydroxylation is 2. The molecule has 0 saturated heterocycles. The standard InChI is InChI=1S/C10H17N2O2/c1-9-11(3)6-7-12(9)5-4-8-14-10(2)13/h6-7H,4-5,8H2,1-3H3/q+1. The molecule has 0 spiro atoms. The zero-order chi connectivity index (χ0) is 10.6. The smallest absolute Gasteiger partial charge is 0.302 e. The van der Waals surface area contributed by atoms with Gasteiger partial charge in [-0.3, -0.25) is 4.79 Å². The lowest BCUT2D eigenvalue weighted by molar-refractivity contribution is -0.677. The van der Waals surface area contributed by atoms with Crippen molar-refractivity contribution >= 4 is 5.97 Å². The Labute approximate surface area is 84.1 Å². The molecule has 0 amide bonds. The number of nitrogens with zero attached hydrogens (tertiary/aromatic N) is 2. The first kappa shape index (κ1) is 10.8. The van der Waals surface area contributed by atoms with E-state index in [2.05, 4.69) is 16.1 Å². The fraction of sp³-hybridized carbons (Fsp3) is 0.600. The summed E-state index contributed by atoms with van der Waals surface area (Å²) in [5, 5.41) is 0. The minimum atomic E-state index is -0.209. The van der Waals surface area contributed by atoms with Gasteiger partial charge in [0.25, 0.3) is 5.82 Å². The van der Waals surface area contributed by atoms with Crippen LogP contribution in [0, 0.1) is 6.92 Å². The summed E-state index contributed by atoms with van der Waals surface area (Å²) in [4.78, 5) is 10.5. The molecule has 1 aromatic heterocycles. The van der Waals surface area contributed by atoms with Crippen molar-refractivity contribution in [2.45, 2.75) is 26.8 Å². The highest BCUT2D eigenvalue weighted by Crippen LogP contribution is 1.95. The molecule has 0 N–H and O–H groups in total. The Morgan fingerprint density at radius 1 is 1.64 bits per heavy atom. The van der Waals surface area contributed by atoms with E-state index in [1.54, 1.807) is 0 Å². The van der Waals surface area contributed by atoms with Crippen LogP contribution in [0.15, 0.2) is 12.4 Å². The molecule has 78 valence electrons. The molecule has 0 saturated carbocycles. The number of ether oxygens (including phenoxy) is 1. The molecule has 1 aromatic rings. The number of hydrogen-bond donors (Lipinski definition) is 0. The highest BCUT2D eigenvalue weighted by atomic mass is 16.5. The number of aromatic nitrogens is 2. The summed E-state index contributed by atoms with van der Waals surface area (Å²) >= 11 is 0. The van der Waals surface area contributed by atoms with Crippen LogP contribution in [0.3, 0.4) is 0 Å². The van der Waals surface area contributed by atoms with E-state index in [9.17, 15) is 4.79 Å².